The molecule has 2 atom stereocenters. The molecule has 0 aliphatic carbocycles. The van der Waals surface area contributed by atoms with Gasteiger partial charge in [0, 0.05) is 31.9 Å². The quantitative estimate of drug-likeness (QED) is 0.845. The van der Waals surface area contributed by atoms with Gasteiger partial charge < -0.3 is 9.47 Å². The zero-order valence-electron chi connectivity index (χ0n) is 12.6. The summed E-state index contributed by atoms with van der Waals surface area (Å²) < 4.78 is 1.93. The van der Waals surface area contributed by atoms with Gasteiger partial charge in [0.15, 0.2) is 0 Å². The summed E-state index contributed by atoms with van der Waals surface area (Å²) in [7, 11) is 1.95. The number of likely N-dealkylation sites (tertiary alicyclic amines) is 2. The van der Waals surface area contributed by atoms with Gasteiger partial charge in [0.25, 0.3) is 5.91 Å². The maximum atomic E-state index is 12.8. The molecule has 2 unspecified atom stereocenters. The molecule has 4 nitrogen and oxygen atoms in total. The van der Waals surface area contributed by atoms with Crippen LogP contribution in [0.25, 0.3) is 0 Å². The molecule has 0 spiro atoms. The third kappa shape index (κ3) is 2.26. The zero-order chi connectivity index (χ0) is 14.1. The first-order valence-electron chi connectivity index (χ1n) is 7.88. The Labute approximate surface area is 121 Å². The van der Waals surface area contributed by atoms with Crippen LogP contribution < -0.4 is 0 Å². The summed E-state index contributed by atoms with van der Waals surface area (Å²) in [5.74, 6) is 0.211. The predicted molar refractivity (Wildman–Crippen MR) is 79.7 cm³/mol. The van der Waals surface area contributed by atoms with Crippen molar-refractivity contribution < 1.29 is 4.79 Å². The van der Waals surface area contributed by atoms with Crippen molar-refractivity contribution in [3.63, 3.8) is 0 Å². The molecule has 1 aromatic heterocycles. The fourth-order valence-electron chi connectivity index (χ4n) is 3.96. The Kier molecular flexibility index (Phi) is 3.83. The third-order valence-electron chi connectivity index (χ3n) is 4.99. The Bertz CT molecular complexity index is 482. The predicted octanol–water partition coefficient (Wildman–Crippen LogP) is 2.11. The lowest BCUT2D eigenvalue weighted by molar-refractivity contribution is 0.0640. The minimum Gasteiger partial charge on any atom is -0.347 e. The molecule has 3 heterocycles. The molecule has 3 rings (SSSR count). The molecule has 0 radical (unpaired) electrons. The van der Waals surface area contributed by atoms with E-state index in [1.807, 2.05) is 29.9 Å². The van der Waals surface area contributed by atoms with Gasteiger partial charge in [-0.1, -0.05) is 6.92 Å². The minimum absolute atomic E-state index is 0.211. The molecule has 2 fully saturated rings. The molecular formula is C16H25N3O. The summed E-state index contributed by atoms with van der Waals surface area (Å²) in [6, 6.07) is 4.88. The monoisotopic (exact) mass is 275 g/mol. The number of likely N-dealkylation sites (N-methyl/N-ethyl adjacent to an activating group) is 1. The molecule has 1 amide bonds. The van der Waals surface area contributed by atoms with E-state index < -0.39 is 0 Å². The van der Waals surface area contributed by atoms with E-state index in [9.17, 15) is 4.79 Å². The second kappa shape index (κ2) is 5.60. The number of carbonyl (C=O) groups is 1. The fourth-order valence-corrected chi connectivity index (χ4v) is 3.96. The van der Waals surface area contributed by atoms with Gasteiger partial charge in [-0.25, -0.2) is 0 Å². The molecular weight excluding hydrogens is 250 g/mol. The second-order valence-corrected chi connectivity index (χ2v) is 6.05. The average molecular weight is 275 g/mol. The zero-order valence-corrected chi connectivity index (χ0v) is 12.6. The fraction of sp³-hybridized carbons (Fsp3) is 0.688. The first kappa shape index (κ1) is 13.7. The van der Waals surface area contributed by atoms with Crippen molar-refractivity contribution in [3.8, 4) is 0 Å². The van der Waals surface area contributed by atoms with Gasteiger partial charge in [0.2, 0.25) is 0 Å². The highest BCUT2D eigenvalue weighted by molar-refractivity contribution is 5.93. The summed E-state index contributed by atoms with van der Waals surface area (Å²) in [4.78, 5) is 17.5. The molecule has 0 saturated carbocycles. The second-order valence-electron chi connectivity index (χ2n) is 6.05. The first-order valence-corrected chi connectivity index (χ1v) is 7.88. The number of hydrogen-bond acceptors (Lipinski definition) is 2. The summed E-state index contributed by atoms with van der Waals surface area (Å²) in [5, 5.41) is 0. The van der Waals surface area contributed by atoms with E-state index in [0.29, 0.717) is 12.1 Å². The first-order chi connectivity index (χ1) is 9.72. The van der Waals surface area contributed by atoms with Crippen molar-refractivity contribution in [2.45, 2.75) is 44.7 Å². The number of aryl methyl sites for hydroxylation is 1. The molecule has 20 heavy (non-hydrogen) atoms. The van der Waals surface area contributed by atoms with Crippen molar-refractivity contribution in [1.82, 2.24) is 14.4 Å². The summed E-state index contributed by atoms with van der Waals surface area (Å²) >= 11 is 0. The van der Waals surface area contributed by atoms with E-state index in [0.717, 1.165) is 31.6 Å². The maximum Gasteiger partial charge on any atom is 0.270 e. The van der Waals surface area contributed by atoms with Gasteiger partial charge in [-0.2, -0.15) is 0 Å². The van der Waals surface area contributed by atoms with E-state index in [1.54, 1.807) is 0 Å². The molecule has 110 valence electrons. The smallest absolute Gasteiger partial charge is 0.270 e. The molecule has 0 aromatic carbocycles. The standard InChI is InChI=1S/C16H25N3O/c1-3-18-11-5-7-13(18)14-8-6-12-19(14)16(20)15-9-4-10-17(15)2/h4,9-10,13-14H,3,5-8,11-12H2,1-2H3. The Morgan fingerprint density at radius 2 is 2.00 bits per heavy atom. The Hall–Kier alpha value is -1.29. The van der Waals surface area contributed by atoms with Crippen LogP contribution in [0.3, 0.4) is 0 Å². The van der Waals surface area contributed by atoms with Crippen LogP contribution in [0.1, 0.15) is 43.1 Å². The Balaban J connectivity index is 1.79. The van der Waals surface area contributed by atoms with Crippen LogP contribution in [0.2, 0.25) is 0 Å². The highest BCUT2D eigenvalue weighted by Crippen LogP contribution is 2.30. The largest absolute Gasteiger partial charge is 0.347 e. The Morgan fingerprint density at radius 3 is 2.70 bits per heavy atom. The number of hydrogen-bond donors (Lipinski definition) is 0. The van der Waals surface area contributed by atoms with E-state index in [4.69, 9.17) is 0 Å². The van der Waals surface area contributed by atoms with Gasteiger partial charge in [0.1, 0.15) is 5.69 Å². The van der Waals surface area contributed by atoms with Gasteiger partial charge >= 0.3 is 0 Å². The minimum atomic E-state index is 0.211. The number of aromatic nitrogens is 1. The topological polar surface area (TPSA) is 28.5 Å². The maximum absolute atomic E-state index is 12.8. The molecule has 4 heteroatoms. The van der Waals surface area contributed by atoms with Gasteiger partial charge in [-0.3, -0.25) is 9.69 Å². The van der Waals surface area contributed by atoms with E-state index in [2.05, 4.69) is 16.7 Å². The highest BCUT2D eigenvalue weighted by Gasteiger charge is 2.39. The van der Waals surface area contributed by atoms with Crippen molar-refractivity contribution in [2.24, 2.45) is 7.05 Å². The van der Waals surface area contributed by atoms with Crippen molar-refractivity contribution in [1.29, 1.82) is 0 Å². The number of rotatable bonds is 3. The number of nitrogens with zero attached hydrogens (tertiary/aromatic N) is 3. The van der Waals surface area contributed by atoms with Gasteiger partial charge in [-0.05, 0) is 50.9 Å². The van der Waals surface area contributed by atoms with Crippen molar-refractivity contribution in [2.75, 3.05) is 19.6 Å². The van der Waals surface area contributed by atoms with Crippen LogP contribution in [0.5, 0.6) is 0 Å². The molecule has 2 aliphatic heterocycles. The summed E-state index contributed by atoms with van der Waals surface area (Å²) in [6.45, 7) is 5.45. The molecule has 2 saturated heterocycles. The van der Waals surface area contributed by atoms with Crippen LogP contribution in [0, 0.1) is 0 Å². The third-order valence-corrected chi connectivity index (χ3v) is 4.99. The normalized spacial score (nSPS) is 27.4. The van der Waals surface area contributed by atoms with Gasteiger partial charge in [0.05, 0.1) is 0 Å². The number of carbonyl (C=O) groups excluding carboxylic acids is 1. The number of amides is 1. The molecule has 2 aliphatic rings. The van der Waals surface area contributed by atoms with Crippen molar-refractivity contribution >= 4 is 5.91 Å². The average Bonchev–Trinajstić information content (AvgIpc) is 3.17. The van der Waals surface area contributed by atoms with Crippen LogP contribution in [0.15, 0.2) is 18.3 Å². The molecule has 0 N–H and O–H groups in total. The van der Waals surface area contributed by atoms with Gasteiger partial charge in [-0.15, -0.1) is 0 Å². The lowest BCUT2D eigenvalue weighted by atomic mass is 10.0. The van der Waals surface area contributed by atoms with Crippen LogP contribution in [-0.2, 0) is 7.05 Å². The molecule has 0 bridgehead atoms. The van der Waals surface area contributed by atoms with E-state index in [1.165, 1.54) is 19.4 Å². The lowest BCUT2D eigenvalue weighted by Gasteiger charge is -2.34. The van der Waals surface area contributed by atoms with Crippen LogP contribution >= 0.6 is 0 Å². The summed E-state index contributed by atoms with van der Waals surface area (Å²) in [5.41, 5.74) is 0.818. The van der Waals surface area contributed by atoms with Crippen LogP contribution in [0.4, 0.5) is 0 Å². The van der Waals surface area contributed by atoms with Crippen molar-refractivity contribution in [3.05, 3.63) is 24.0 Å². The summed E-state index contributed by atoms with van der Waals surface area (Å²) in [6.07, 6.45) is 6.79. The lowest BCUT2D eigenvalue weighted by Crippen LogP contribution is -2.48. The Morgan fingerprint density at radius 1 is 1.25 bits per heavy atom. The van der Waals surface area contributed by atoms with E-state index >= 15 is 0 Å². The van der Waals surface area contributed by atoms with Crippen LogP contribution in [-0.4, -0.2) is 52.0 Å². The highest BCUT2D eigenvalue weighted by atomic mass is 16.2. The molecule has 1 aromatic rings. The SMILES string of the molecule is CCN1CCCC1C1CCCN1C(=O)c1cccn1C. The van der Waals surface area contributed by atoms with E-state index in [-0.39, 0.29) is 5.91 Å².